The maximum atomic E-state index is 11.8. The van der Waals surface area contributed by atoms with Crippen LogP contribution in [-0.4, -0.2) is 25.2 Å². The van der Waals surface area contributed by atoms with Gasteiger partial charge in [-0.25, -0.2) is 0 Å². The number of halogens is 4. The van der Waals surface area contributed by atoms with Gasteiger partial charge in [0.2, 0.25) is 5.91 Å². The molecule has 0 atom stereocenters. The molecule has 94 valence electrons. The Labute approximate surface area is 101 Å². The van der Waals surface area contributed by atoms with E-state index in [9.17, 15) is 18.0 Å². The minimum atomic E-state index is -4.33. The maximum absolute atomic E-state index is 11.8. The van der Waals surface area contributed by atoms with E-state index < -0.39 is 25.2 Å². The highest BCUT2D eigenvalue weighted by atomic mass is 35.5. The molecule has 0 aromatic heterocycles. The molecule has 0 saturated carbocycles. The highest BCUT2D eigenvalue weighted by Gasteiger charge is 2.26. The number of para-hydroxylation sites is 1. The average Bonchev–Trinajstić information content (AvgIpc) is 2.19. The summed E-state index contributed by atoms with van der Waals surface area (Å²) in [5, 5.41) is 4.71. The van der Waals surface area contributed by atoms with Crippen LogP contribution in [0.25, 0.3) is 0 Å². The van der Waals surface area contributed by atoms with Crippen molar-refractivity contribution in [2.75, 3.05) is 18.4 Å². The number of carbonyl (C=O) groups excluding carboxylic acids is 1. The highest BCUT2D eigenvalue weighted by Crippen LogP contribution is 2.20. The van der Waals surface area contributed by atoms with Crippen LogP contribution in [0.3, 0.4) is 0 Å². The fourth-order valence-electron chi connectivity index (χ4n) is 1.07. The highest BCUT2D eigenvalue weighted by molar-refractivity contribution is 6.33. The van der Waals surface area contributed by atoms with E-state index in [-0.39, 0.29) is 0 Å². The summed E-state index contributed by atoms with van der Waals surface area (Å²) in [6, 6.07) is 6.47. The Balaban J connectivity index is 2.38. The van der Waals surface area contributed by atoms with Gasteiger partial charge in [-0.1, -0.05) is 23.7 Å². The smallest absolute Gasteiger partial charge is 0.324 e. The number of rotatable bonds is 4. The fourth-order valence-corrected chi connectivity index (χ4v) is 1.26. The van der Waals surface area contributed by atoms with Crippen LogP contribution in [0.15, 0.2) is 24.3 Å². The van der Waals surface area contributed by atoms with E-state index in [1.165, 1.54) is 0 Å². The molecule has 0 heterocycles. The van der Waals surface area contributed by atoms with Crippen molar-refractivity contribution in [1.82, 2.24) is 5.32 Å². The lowest BCUT2D eigenvalue weighted by atomic mass is 10.3. The summed E-state index contributed by atoms with van der Waals surface area (Å²) in [6.45, 7) is -1.63. The molecule has 0 bridgehead atoms. The van der Waals surface area contributed by atoms with Crippen LogP contribution < -0.4 is 10.6 Å². The maximum Gasteiger partial charge on any atom is 0.401 e. The molecule has 2 N–H and O–H groups in total. The zero-order valence-electron chi connectivity index (χ0n) is 8.64. The number of amides is 1. The lowest BCUT2D eigenvalue weighted by Crippen LogP contribution is -2.35. The zero-order chi connectivity index (χ0) is 12.9. The van der Waals surface area contributed by atoms with Gasteiger partial charge in [0.05, 0.1) is 23.8 Å². The lowest BCUT2D eigenvalue weighted by Gasteiger charge is -2.09. The van der Waals surface area contributed by atoms with Crippen molar-refractivity contribution in [2.24, 2.45) is 0 Å². The van der Waals surface area contributed by atoms with Gasteiger partial charge in [0.25, 0.3) is 0 Å². The van der Waals surface area contributed by atoms with Gasteiger partial charge in [-0.05, 0) is 12.1 Å². The second-order valence-electron chi connectivity index (χ2n) is 3.25. The first-order chi connectivity index (χ1) is 7.88. The number of carbonyl (C=O) groups is 1. The number of anilines is 1. The van der Waals surface area contributed by atoms with Crippen LogP contribution in [0.1, 0.15) is 0 Å². The number of hydrogen-bond acceptors (Lipinski definition) is 2. The van der Waals surface area contributed by atoms with E-state index in [2.05, 4.69) is 5.32 Å². The van der Waals surface area contributed by atoms with E-state index in [1.807, 2.05) is 5.32 Å². The summed E-state index contributed by atoms with van der Waals surface area (Å²) in [4.78, 5) is 11.3. The molecular formula is C10H10ClF3N2O. The summed E-state index contributed by atoms with van der Waals surface area (Å²) in [5.74, 6) is -0.581. The SMILES string of the molecule is O=C(CNCC(F)(F)F)Nc1ccccc1Cl. The van der Waals surface area contributed by atoms with Crippen molar-refractivity contribution in [1.29, 1.82) is 0 Å². The van der Waals surface area contributed by atoms with Crippen molar-refractivity contribution in [3.8, 4) is 0 Å². The normalized spacial score (nSPS) is 11.3. The first-order valence-corrected chi connectivity index (χ1v) is 5.08. The third-order valence-electron chi connectivity index (χ3n) is 1.76. The van der Waals surface area contributed by atoms with Crippen molar-refractivity contribution in [2.45, 2.75) is 6.18 Å². The molecule has 3 nitrogen and oxygen atoms in total. The molecular weight excluding hydrogens is 257 g/mol. The van der Waals surface area contributed by atoms with Crippen LogP contribution in [0, 0.1) is 0 Å². The third-order valence-corrected chi connectivity index (χ3v) is 2.09. The summed E-state index contributed by atoms with van der Waals surface area (Å²) < 4.78 is 35.3. The minimum Gasteiger partial charge on any atom is -0.324 e. The van der Waals surface area contributed by atoms with Gasteiger partial charge in [-0.2, -0.15) is 13.2 Å². The summed E-state index contributed by atoms with van der Waals surface area (Å²) >= 11 is 5.76. The van der Waals surface area contributed by atoms with E-state index in [0.29, 0.717) is 10.7 Å². The third kappa shape index (κ3) is 5.55. The van der Waals surface area contributed by atoms with Crippen LogP contribution >= 0.6 is 11.6 Å². The molecule has 1 rings (SSSR count). The van der Waals surface area contributed by atoms with Crippen molar-refractivity contribution in [3.63, 3.8) is 0 Å². The molecule has 0 aliphatic rings. The molecule has 0 aliphatic carbocycles. The van der Waals surface area contributed by atoms with Gasteiger partial charge in [0, 0.05) is 0 Å². The Hall–Kier alpha value is -1.27. The molecule has 7 heteroatoms. The number of hydrogen-bond donors (Lipinski definition) is 2. The standard InChI is InChI=1S/C10H10ClF3N2O/c11-7-3-1-2-4-8(7)16-9(17)5-15-6-10(12,13)14/h1-4,15H,5-6H2,(H,16,17). The molecule has 0 spiro atoms. The fraction of sp³-hybridized carbons (Fsp3) is 0.300. The quantitative estimate of drug-likeness (QED) is 0.879. The minimum absolute atomic E-state index is 0.330. The largest absolute Gasteiger partial charge is 0.401 e. The summed E-state index contributed by atoms with van der Waals surface area (Å²) in [7, 11) is 0. The molecule has 17 heavy (non-hydrogen) atoms. The van der Waals surface area contributed by atoms with Gasteiger partial charge in [-0.15, -0.1) is 0 Å². The number of nitrogens with one attached hydrogen (secondary N) is 2. The van der Waals surface area contributed by atoms with Crippen LogP contribution in [0.4, 0.5) is 18.9 Å². The van der Waals surface area contributed by atoms with Crippen LogP contribution in [0.2, 0.25) is 5.02 Å². The topological polar surface area (TPSA) is 41.1 Å². The summed E-state index contributed by atoms with van der Waals surface area (Å²) in [5.41, 5.74) is 0.368. The van der Waals surface area contributed by atoms with E-state index in [4.69, 9.17) is 11.6 Å². The zero-order valence-corrected chi connectivity index (χ0v) is 9.40. The average molecular weight is 267 g/mol. The second-order valence-corrected chi connectivity index (χ2v) is 3.65. The Bertz CT molecular complexity index is 395. The monoisotopic (exact) mass is 266 g/mol. The second kappa shape index (κ2) is 5.88. The molecule has 1 aromatic carbocycles. The summed E-state index contributed by atoms with van der Waals surface area (Å²) in [6.07, 6.45) is -4.33. The first-order valence-electron chi connectivity index (χ1n) is 4.70. The Morgan fingerprint density at radius 1 is 1.29 bits per heavy atom. The van der Waals surface area contributed by atoms with E-state index >= 15 is 0 Å². The predicted molar refractivity (Wildman–Crippen MR) is 59.0 cm³/mol. The molecule has 0 saturated heterocycles. The van der Waals surface area contributed by atoms with Crippen LogP contribution in [0.5, 0.6) is 0 Å². The van der Waals surface area contributed by atoms with Crippen molar-refractivity contribution < 1.29 is 18.0 Å². The molecule has 0 radical (unpaired) electrons. The Morgan fingerprint density at radius 3 is 2.53 bits per heavy atom. The molecule has 1 amide bonds. The van der Waals surface area contributed by atoms with Gasteiger partial charge in [-0.3, -0.25) is 4.79 Å². The number of alkyl halides is 3. The lowest BCUT2D eigenvalue weighted by molar-refractivity contribution is -0.126. The Kier molecular flexibility index (Phi) is 4.77. The molecule has 0 unspecified atom stereocenters. The molecule has 1 aromatic rings. The van der Waals surface area contributed by atoms with Crippen LogP contribution in [-0.2, 0) is 4.79 Å². The van der Waals surface area contributed by atoms with Gasteiger partial charge < -0.3 is 10.6 Å². The van der Waals surface area contributed by atoms with Crippen molar-refractivity contribution in [3.05, 3.63) is 29.3 Å². The van der Waals surface area contributed by atoms with Gasteiger partial charge in [0.15, 0.2) is 0 Å². The van der Waals surface area contributed by atoms with Crippen molar-refractivity contribution >= 4 is 23.2 Å². The van der Waals surface area contributed by atoms with E-state index in [0.717, 1.165) is 0 Å². The molecule has 0 aliphatic heterocycles. The molecule has 0 fully saturated rings. The predicted octanol–water partition coefficient (Wildman–Crippen LogP) is 2.43. The van der Waals surface area contributed by atoms with E-state index in [1.54, 1.807) is 24.3 Å². The number of benzene rings is 1. The first kappa shape index (κ1) is 13.8. The van der Waals surface area contributed by atoms with Gasteiger partial charge in [0.1, 0.15) is 0 Å². The Morgan fingerprint density at radius 2 is 1.94 bits per heavy atom. The van der Waals surface area contributed by atoms with Gasteiger partial charge >= 0.3 is 6.18 Å².